The number of aliphatic hydroxyl groups is 1. The van der Waals surface area contributed by atoms with Crippen molar-refractivity contribution in [3.63, 3.8) is 0 Å². The number of rotatable bonds is 5. The van der Waals surface area contributed by atoms with Gasteiger partial charge < -0.3 is 15.7 Å². The van der Waals surface area contributed by atoms with Crippen molar-refractivity contribution < 1.29 is 9.90 Å². The van der Waals surface area contributed by atoms with Crippen LogP contribution in [-0.2, 0) is 4.79 Å². The predicted octanol–water partition coefficient (Wildman–Crippen LogP) is 0.402. The van der Waals surface area contributed by atoms with Gasteiger partial charge >= 0.3 is 0 Å². The molecule has 1 rings (SSSR count). The van der Waals surface area contributed by atoms with Gasteiger partial charge in [-0.2, -0.15) is 0 Å². The zero-order valence-electron chi connectivity index (χ0n) is 10.0. The molecule has 88 valence electrons. The molecule has 15 heavy (non-hydrogen) atoms. The zero-order valence-corrected chi connectivity index (χ0v) is 10.0. The first-order valence-electron chi connectivity index (χ1n) is 5.59. The summed E-state index contributed by atoms with van der Waals surface area (Å²) in [4.78, 5) is 11.6. The maximum atomic E-state index is 11.6. The van der Waals surface area contributed by atoms with Gasteiger partial charge in [-0.15, -0.1) is 0 Å². The van der Waals surface area contributed by atoms with Crippen LogP contribution in [0, 0.1) is 0 Å². The van der Waals surface area contributed by atoms with Crippen LogP contribution in [0.25, 0.3) is 0 Å². The van der Waals surface area contributed by atoms with E-state index < -0.39 is 5.60 Å². The van der Waals surface area contributed by atoms with Gasteiger partial charge in [0.15, 0.2) is 0 Å². The van der Waals surface area contributed by atoms with Crippen molar-refractivity contribution in [1.82, 2.24) is 10.6 Å². The Morgan fingerprint density at radius 1 is 1.40 bits per heavy atom. The van der Waals surface area contributed by atoms with Crippen LogP contribution in [0.2, 0.25) is 0 Å². The molecule has 1 aliphatic carbocycles. The van der Waals surface area contributed by atoms with Crippen LogP contribution < -0.4 is 10.6 Å². The lowest BCUT2D eigenvalue weighted by atomic mass is 10.00. The van der Waals surface area contributed by atoms with Gasteiger partial charge in [0.05, 0.1) is 11.6 Å². The predicted molar refractivity (Wildman–Crippen MR) is 59.5 cm³/mol. The minimum atomic E-state index is -0.811. The number of amides is 1. The molecule has 3 N–H and O–H groups in total. The van der Waals surface area contributed by atoms with E-state index in [4.69, 9.17) is 0 Å². The molecule has 1 amide bonds. The van der Waals surface area contributed by atoms with Gasteiger partial charge in [0, 0.05) is 12.1 Å². The van der Waals surface area contributed by atoms with E-state index in [1.807, 2.05) is 13.8 Å². The summed E-state index contributed by atoms with van der Waals surface area (Å²) in [7, 11) is 0. The SMILES string of the molecule is CC(NC(C)C(C)(C)O)C(=O)NC1CC1. The summed E-state index contributed by atoms with van der Waals surface area (Å²) < 4.78 is 0. The average Bonchev–Trinajstić information content (AvgIpc) is 2.86. The molecule has 0 saturated heterocycles. The highest BCUT2D eigenvalue weighted by molar-refractivity contribution is 5.81. The van der Waals surface area contributed by atoms with E-state index in [1.54, 1.807) is 13.8 Å². The smallest absolute Gasteiger partial charge is 0.237 e. The standard InChI is InChI=1S/C11H22N2O2/c1-7(10(14)13-9-5-6-9)12-8(2)11(3,4)15/h7-9,12,15H,5-6H2,1-4H3,(H,13,14). The molecule has 0 radical (unpaired) electrons. The third kappa shape index (κ3) is 4.18. The second-order valence-corrected chi connectivity index (χ2v) is 5.05. The van der Waals surface area contributed by atoms with Crippen LogP contribution in [-0.4, -0.2) is 34.7 Å². The normalized spacial score (nSPS) is 20.9. The Labute approximate surface area is 91.4 Å². The first-order chi connectivity index (χ1) is 6.80. The summed E-state index contributed by atoms with van der Waals surface area (Å²) in [6.45, 7) is 7.16. The van der Waals surface area contributed by atoms with Crippen molar-refractivity contribution in [2.45, 2.75) is 64.3 Å². The van der Waals surface area contributed by atoms with Crippen molar-refractivity contribution in [1.29, 1.82) is 0 Å². The van der Waals surface area contributed by atoms with Crippen LogP contribution in [0.3, 0.4) is 0 Å². The molecule has 0 heterocycles. The third-order valence-corrected chi connectivity index (χ3v) is 2.88. The molecule has 4 heteroatoms. The highest BCUT2D eigenvalue weighted by atomic mass is 16.3. The fourth-order valence-electron chi connectivity index (χ4n) is 1.21. The lowest BCUT2D eigenvalue weighted by molar-refractivity contribution is -0.123. The van der Waals surface area contributed by atoms with E-state index in [-0.39, 0.29) is 18.0 Å². The third-order valence-electron chi connectivity index (χ3n) is 2.88. The molecular formula is C11H22N2O2. The van der Waals surface area contributed by atoms with Crippen molar-refractivity contribution in [3.8, 4) is 0 Å². The van der Waals surface area contributed by atoms with Crippen LogP contribution in [0.5, 0.6) is 0 Å². The molecule has 2 atom stereocenters. The van der Waals surface area contributed by atoms with Gasteiger partial charge in [0.1, 0.15) is 0 Å². The second kappa shape index (κ2) is 4.49. The van der Waals surface area contributed by atoms with Gasteiger partial charge in [0.25, 0.3) is 0 Å². The molecule has 1 aliphatic rings. The van der Waals surface area contributed by atoms with Gasteiger partial charge in [-0.25, -0.2) is 0 Å². The average molecular weight is 214 g/mol. The van der Waals surface area contributed by atoms with E-state index in [1.165, 1.54) is 0 Å². The van der Waals surface area contributed by atoms with Crippen molar-refractivity contribution >= 4 is 5.91 Å². The maximum Gasteiger partial charge on any atom is 0.237 e. The Morgan fingerprint density at radius 3 is 2.33 bits per heavy atom. The van der Waals surface area contributed by atoms with Crippen LogP contribution >= 0.6 is 0 Å². The highest BCUT2D eigenvalue weighted by Crippen LogP contribution is 2.18. The zero-order chi connectivity index (χ0) is 11.6. The fourth-order valence-corrected chi connectivity index (χ4v) is 1.21. The summed E-state index contributed by atoms with van der Waals surface area (Å²) in [5.41, 5.74) is -0.811. The Balaban J connectivity index is 2.32. The molecule has 0 spiro atoms. The largest absolute Gasteiger partial charge is 0.389 e. The lowest BCUT2D eigenvalue weighted by Crippen LogP contribution is -2.53. The number of hydrogen-bond acceptors (Lipinski definition) is 3. The maximum absolute atomic E-state index is 11.6. The quantitative estimate of drug-likeness (QED) is 0.621. The minimum Gasteiger partial charge on any atom is -0.389 e. The molecule has 1 saturated carbocycles. The van der Waals surface area contributed by atoms with Crippen molar-refractivity contribution in [2.75, 3.05) is 0 Å². The Kier molecular flexibility index (Phi) is 3.73. The number of carbonyl (C=O) groups excluding carboxylic acids is 1. The van der Waals surface area contributed by atoms with Gasteiger partial charge in [-0.3, -0.25) is 4.79 Å². The lowest BCUT2D eigenvalue weighted by Gasteiger charge is -2.29. The number of carbonyl (C=O) groups is 1. The molecule has 0 aromatic carbocycles. The summed E-state index contributed by atoms with van der Waals surface area (Å²) in [5, 5.41) is 15.7. The van der Waals surface area contributed by atoms with Crippen LogP contribution in [0.1, 0.15) is 40.5 Å². The minimum absolute atomic E-state index is 0.0219. The molecule has 4 nitrogen and oxygen atoms in total. The van der Waals surface area contributed by atoms with Crippen molar-refractivity contribution in [3.05, 3.63) is 0 Å². The molecule has 2 unspecified atom stereocenters. The molecule has 0 aliphatic heterocycles. The summed E-state index contributed by atoms with van der Waals surface area (Å²) in [6, 6.07) is 0.0173. The molecule has 0 bridgehead atoms. The number of nitrogens with one attached hydrogen (secondary N) is 2. The van der Waals surface area contributed by atoms with Crippen molar-refractivity contribution in [2.24, 2.45) is 0 Å². The monoisotopic (exact) mass is 214 g/mol. The summed E-state index contributed by atoms with van der Waals surface area (Å²) in [5.74, 6) is 0.0219. The molecule has 0 aromatic heterocycles. The van der Waals surface area contributed by atoms with Gasteiger partial charge in [-0.05, 0) is 40.5 Å². The van der Waals surface area contributed by atoms with E-state index in [0.717, 1.165) is 12.8 Å². The molecule has 1 fully saturated rings. The second-order valence-electron chi connectivity index (χ2n) is 5.05. The topological polar surface area (TPSA) is 61.4 Å². The fraction of sp³-hybridized carbons (Fsp3) is 0.909. The van der Waals surface area contributed by atoms with Gasteiger partial charge in [0.2, 0.25) is 5.91 Å². The van der Waals surface area contributed by atoms with E-state index in [0.29, 0.717) is 6.04 Å². The van der Waals surface area contributed by atoms with Gasteiger partial charge in [-0.1, -0.05) is 0 Å². The summed E-state index contributed by atoms with van der Waals surface area (Å²) >= 11 is 0. The highest BCUT2D eigenvalue weighted by Gasteiger charge is 2.28. The number of hydrogen-bond donors (Lipinski definition) is 3. The first-order valence-corrected chi connectivity index (χ1v) is 5.59. The van der Waals surface area contributed by atoms with Crippen LogP contribution in [0.15, 0.2) is 0 Å². The van der Waals surface area contributed by atoms with Crippen LogP contribution in [0.4, 0.5) is 0 Å². The first kappa shape index (κ1) is 12.5. The summed E-state index contributed by atoms with van der Waals surface area (Å²) in [6.07, 6.45) is 2.19. The molecular weight excluding hydrogens is 192 g/mol. The Bertz CT molecular complexity index is 231. The van der Waals surface area contributed by atoms with E-state index in [2.05, 4.69) is 10.6 Å². The Morgan fingerprint density at radius 2 is 1.93 bits per heavy atom. The van der Waals surface area contributed by atoms with E-state index >= 15 is 0 Å². The Hall–Kier alpha value is -0.610. The molecule has 0 aromatic rings. The van der Waals surface area contributed by atoms with E-state index in [9.17, 15) is 9.90 Å².